The molecule has 6 heteroatoms. The lowest BCUT2D eigenvalue weighted by atomic mass is 9.95. The summed E-state index contributed by atoms with van der Waals surface area (Å²) in [6.07, 6.45) is 1.01. The van der Waals surface area contributed by atoms with Crippen molar-refractivity contribution in [2.45, 2.75) is 51.3 Å². The molecule has 2 unspecified atom stereocenters. The largest absolute Gasteiger partial charge is 0.480 e. The normalized spacial score (nSPS) is 29.7. The first-order valence-corrected chi connectivity index (χ1v) is 5.82. The Balaban J connectivity index is 2.52. The molecule has 3 atom stereocenters. The van der Waals surface area contributed by atoms with E-state index in [2.05, 4.69) is 10.6 Å². The molecule has 1 saturated heterocycles. The molecular weight excluding hydrogens is 224 g/mol. The number of hydrogen-bond acceptors (Lipinski definition) is 3. The third kappa shape index (κ3) is 3.33. The Kier molecular flexibility index (Phi) is 4.34. The Morgan fingerprint density at radius 2 is 2.24 bits per heavy atom. The van der Waals surface area contributed by atoms with Gasteiger partial charge in [0.15, 0.2) is 0 Å². The number of nitrogens with one attached hydrogen (secondary N) is 2. The summed E-state index contributed by atoms with van der Waals surface area (Å²) >= 11 is 0. The van der Waals surface area contributed by atoms with Gasteiger partial charge in [0.1, 0.15) is 6.04 Å². The van der Waals surface area contributed by atoms with Crippen LogP contribution in [0.5, 0.6) is 0 Å². The first kappa shape index (κ1) is 13.8. The van der Waals surface area contributed by atoms with Crippen molar-refractivity contribution < 1.29 is 19.4 Å². The van der Waals surface area contributed by atoms with Crippen LogP contribution in [0, 0.1) is 0 Å². The molecule has 6 nitrogen and oxygen atoms in total. The topological polar surface area (TPSA) is 87.7 Å². The summed E-state index contributed by atoms with van der Waals surface area (Å²) < 4.78 is 5.39. The van der Waals surface area contributed by atoms with Crippen molar-refractivity contribution in [3.63, 3.8) is 0 Å². The maximum absolute atomic E-state index is 11.7. The SMILES string of the molecule is CC[C@@H](NC(=O)NC1(C)CCOC1C)C(=O)O. The van der Waals surface area contributed by atoms with Crippen LogP contribution in [-0.4, -0.2) is 41.4 Å². The highest BCUT2D eigenvalue weighted by Crippen LogP contribution is 2.24. The summed E-state index contributed by atoms with van der Waals surface area (Å²) in [5.74, 6) is -1.02. The smallest absolute Gasteiger partial charge is 0.326 e. The molecule has 2 amide bonds. The zero-order valence-electron chi connectivity index (χ0n) is 10.4. The number of hydrogen-bond donors (Lipinski definition) is 3. The number of carbonyl (C=O) groups is 2. The predicted molar refractivity (Wildman–Crippen MR) is 61.8 cm³/mol. The van der Waals surface area contributed by atoms with Crippen LogP contribution in [-0.2, 0) is 9.53 Å². The van der Waals surface area contributed by atoms with Crippen LogP contribution in [0.15, 0.2) is 0 Å². The van der Waals surface area contributed by atoms with Crippen molar-refractivity contribution in [2.24, 2.45) is 0 Å². The van der Waals surface area contributed by atoms with Gasteiger partial charge in [0.25, 0.3) is 0 Å². The van der Waals surface area contributed by atoms with E-state index in [1.807, 2.05) is 13.8 Å². The summed E-state index contributed by atoms with van der Waals surface area (Å²) in [5.41, 5.74) is -0.430. The van der Waals surface area contributed by atoms with Crippen LogP contribution in [0.4, 0.5) is 4.79 Å². The van der Waals surface area contributed by atoms with Gasteiger partial charge in [0.05, 0.1) is 11.6 Å². The van der Waals surface area contributed by atoms with Crippen LogP contribution >= 0.6 is 0 Å². The number of amides is 2. The molecule has 1 aliphatic heterocycles. The molecule has 17 heavy (non-hydrogen) atoms. The van der Waals surface area contributed by atoms with E-state index in [4.69, 9.17) is 9.84 Å². The summed E-state index contributed by atoms with van der Waals surface area (Å²) in [6.45, 7) is 6.10. The van der Waals surface area contributed by atoms with E-state index in [1.54, 1.807) is 6.92 Å². The van der Waals surface area contributed by atoms with Gasteiger partial charge in [-0.25, -0.2) is 9.59 Å². The number of carbonyl (C=O) groups excluding carboxylic acids is 1. The third-order valence-electron chi connectivity index (χ3n) is 3.30. The lowest BCUT2D eigenvalue weighted by Crippen LogP contribution is -2.56. The van der Waals surface area contributed by atoms with Crippen LogP contribution in [0.25, 0.3) is 0 Å². The fourth-order valence-corrected chi connectivity index (χ4v) is 1.79. The molecule has 0 aliphatic carbocycles. The Labute approximate surface area is 101 Å². The van der Waals surface area contributed by atoms with Gasteiger partial charge >= 0.3 is 12.0 Å². The second kappa shape index (κ2) is 5.35. The first-order valence-electron chi connectivity index (χ1n) is 5.82. The highest BCUT2D eigenvalue weighted by molar-refractivity contribution is 5.82. The summed E-state index contributed by atoms with van der Waals surface area (Å²) in [4.78, 5) is 22.5. The van der Waals surface area contributed by atoms with Crippen molar-refractivity contribution in [2.75, 3.05) is 6.61 Å². The molecule has 0 saturated carbocycles. The van der Waals surface area contributed by atoms with E-state index in [9.17, 15) is 9.59 Å². The Morgan fingerprint density at radius 3 is 2.65 bits per heavy atom. The maximum Gasteiger partial charge on any atom is 0.326 e. The quantitative estimate of drug-likeness (QED) is 0.680. The average molecular weight is 244 g/mol. The van der Waals surface area contributed by atoms with Gasteiger partial charge in [-0.2, -0.15) is 0 Å². The van der Waals surface area contributed by atoms with Crippen LogP contribution in [0.2, 0.25) is 0 Å². The van der Waals surface area contributed by atoms with Crippen molar-refractivity contribution in [3.05, 3.63) is 0 Å². The molecule has 1 aliphatic rings. The highest BCUT2D eigenvalue weighted by atomic mass is 16.5. The van der Waals surface area contributed by atoms with Crippen LogP contribution in [0.3, 0.4) is 0 Å². The minimum Gasteiger partial charge on any atom is -0.480 e. The minimum absolute atomic E-state index is 0.0712. The second-order valence-corrected chi connectivity index (χ2v) is 4.58. The molecule has 0 radical (unpaired) electrons. The van der Waals surface area contributed by atoms with E-state index in [1.165, 1.54) is 0 Å². The Bertz CT molecular complexity index is 308. The van der Waals surface area contributed by atoms with Crippen LogP contribution < -0.4 is 10.6 Å². The van der Waals surface area contributed by atoms with Gasteiger partial charge < -0.3 is 20.5 Å². The van der Waals surface area contributed by atoms with E-state index < -0.39 is 23.6 Å². The second-order valence-electron chi connectivity index (χ2n) is 4.58. The molecule has 98 valence electrons. The molecule has 0 aromatic rings. The molecular formula is C11H20N2O4. The molecule has 0 bridgehead atoms. The Morgan fingerprint density at radius 1 is 1.59 bits per heavy atom. The fraction of sp³-hybridized carbons (Fsp3) is 0.818. The lowest BCUT2D eigenvalue weighted by molar-refractivity contribution is -0.139. The lowest BCUT2D eigenvalue weighted by Gasteiger charge is -2.29. The number of ether oxygens (including phenoxy) is 1. The van der Waals surface area contributed by atoms with E-state index in [-0.39, 0.29) is 6.10 Å². The number of aliphatic carboxylic acids is 1. The fourth-order valence-electron chi connectivity index (χ4n) is 1.79. The summed E-state index contributed by atoms with van der Waals surface area (Å²) in [7, 11) is 0. The maximum atomic E-state index is 11.7. The summed E-state index contributed by atoms with van der Waals surface area (Å²) in [5, 5.41) is 14.1. The third-order valence-corrected chi connectivity index (χ3v) is 3.30. The average Bonchev–Trinajstić information content (AvgIpc) is 2.55. The zero-order valence-corrected chi connectivity index (χ0v) is 10.4. The number of carboxylic acid groups (broad SMARTS) is 1. The van der Waals surface area contributed by atoms with Crippen molar-refractivity contribution >= 4 is 12.0 Å². The van der Waals surface area contributed by atoms with Gasteiger partial charge in [-0.1, -0.05) is 6.92 Å². The molecule has 0 aromatic heterocycles. The minimum atomic E-state index is -1.02. The highest BCUT2D eigenvalue weighted by Gasteiger charge is 2.38. The van der Waals surface area contributed by atoms with Crippen LogP contribution in [0.1, 0.15) is 33.6 Å². The van der Waals surface area contributed by atoms with Gasteiger partial charge in [0, 0.05) is 6.61 Å². The molecule has 1 rings (SSSR count). The number of urea groups is 1. The predicted octanol–water partition coefficient (Wildman–Crippen LogP) is 0.716. The number of carboxylic acids is 1. The standard InChI is InChI=1S/C11H20N2O4/c1-4-8(9(14)15)12-10(16)13-11(3)5-6-17-7(11)2/h7-8H,4-6H2,1-3H3,(H,14,15)(H2,12,13,16)/t7?,8-,11?/m1/s1. The van der Waals surface area contributed by atoms with Crippen molar-refractivity contribution in [1.29, 1.82) is 0 Å². The van der Waals surface area contributed by atoms with Crippen molar-refractivity contribution in [1.82, 2.24) is 10.6 Å². The van der Waals surface area contributed by atoms with Gasteiger partial charge in [-0.3, -0.25) is 0 Å². The van der Waals surface area contributed by atoms with Gasteiger partial charge in [-0.05, 0) is 26.7 Å². The van der Waals surface area contributed by atoms with E-state index >= 15 is 0 Å². The number of rotatable bonds is 4. The zero-order chi connectivity index (χ0) is 13.1. The van der Waals surface area contributed by atoms with Gasteiger partial charge in [0.2, 0.25) is 0 Å². The van der Waals surface area contributed by atoms with E-state index in [0.717, 1.165) is 6.42 Å². The molecule has 1 fully saturated rings. The Hall–Kier alpha value is -1.30. The molecule has 1 heterocycles. The van der Waals surface area contributed by atoms with E-state index in [0.29, 0.717) is 13.0 Å². The molecule has 0 spiro atoms. The molecule has 3 N–H and O–H groups in total. The monoisotopic (exact) mass is 244 g/mol. The first-order chi connectivity index (χ1) is 7.89. The van der Waals surface area contributed by atoms with Gasteiger partial charge in [-0.15, -0.1) is 0 Å². The van der Waals surface area contributed by atoms with Crippen molar-refractivity contribution in [3.8, 4) is 0 Å². The summed E-state index contributed by atoms with van der Waals surface area (Å²) in [6, 6.07) is -1.31. The molecule has 0 aromatic carbocycles.